The standard InChI is InChI=1S/C22H19ClO4/c1-16-7-10-20(15-21(16)23)27-22(24)17-8-11-19(12-9-17)26-14-13-25-18-5-3-2-4-6-18/h2-12,15H,13-14H2,1H3. The van der Waals surface area contributed by atoms with Crippen LogP contribution in [0.25, 0.3) is 0 Å². The highest BCUT2D eigenvalue weighted by atomic mass is 35.5. The molecule has 0 radical (unpaired) electrons. The van der Waals surface area contributed by atoms with Crippen LogP contribution in [0.15, 0.2) is 72.8 Å². The summed E-state index contributed by atoms with van der Waals surface area (Å²) in [6.45, 7) is 2.72. The fraction of sp³-hybridized carbons (Fsp3) is 0.136. The quantitative estimate of drug-likeness (QED) is 0.315. The number of carbonyl (C=O) groups is 1. The smallest absolute Gasteiger partial charge is 0.343 e. The van der Waals surface area contributed by atoms with Crippen LogP contribution in [-0.4, -0.2) is 19.2 Å². The lowest BCUT2D eigenvalue weighted by atomic mass is 10.2. The minimum atomic E-state index is -0.450. The minimum absolute atomic E-state index is 0.403. The predicted octanol–water partition coefficient (Wildman–Crippen LogP) is 5.33. The van der Waals surface area contributed by atoms with Gasteiger partial charge in [-0.25, -0.2) is 4.79 Å². The summed E-state index contributed by atoms with van der Waals surface area (Å²) < 4.78 is 16.5. The summed E-state index contributed by atoms with van der Waals surface area (Å²) in [5, 5.41) is 0.557. The zero-order chi connectivity index (χ0) is 19.1. The SMILES string of the molecule is Cc1ccc(OC(=O)c2ccc(OCCOc3ccccc3)cc2)cc1Cl. The molecule has 5 heteroatoms. The number of ether oxygens (including phenoxy) is 3. The average molecular weight is 383 g/mol. The molecule has 0 atom stereocenters. The number of hydrogen-bond donors (Lipinski definition) is 0. The number of rotatable bonds is 7. The second kappa shape index (κ2) is 9.10. The van der Waals surface area contributed by atoms with Crippen molar-refractivity contribution in [3.8, 4) is 17.2 Å². The number of hydrogen-bond acceptors (Lipinski definition) is 4. The van der Waals surface area contributed by atoms with Gasteiger partial charge in [0, 0.05) is 5.02 Å². The first-order valence-corrected chi connectivity index (χ1v) is 8.89. The normalized spacial score (nSPS) is 10.3. The van der Waals surface area contributed by atoms with Crippen LogP contribution in [0.4, 0.5) is 0 Å². The predicted molar refractivity (Wildman–Crippen MR) is 105 cm³/mol. The van der Waals surface area contributed by atoms with Crippen LogP contribution in [-0.2, 0) is 0 Å². The van der Waals surface area contributed by atoms with E-state index in [1.807, 2.05) is 37.3 Å². The van der Waals surface area contributed by atoms with Crippen molar-refractivity contribution in [1.29, 1.82) is 0 Å². The van der Waals surface area contributed by atoms with E-state index in [9.17, 15) is 4.79 Å². The molecule has 0 bridgehead atoms. The minimum Gasteiger partial charge on any atom is -0.490 e. The zero-order valence-corrected chi connectivity index (χ0v) is 15.6. The van der Waals surface area contributed by atoms with Gasteiger partial charge in [-0.3, -0.25) is 0 Å². The Morgan fingerprint density at radius 2 is 1.41 bits per heavy atom. The van der Waals surface area contributed by atoms with E-state index in [0.29, 0.717) is 35.3 Å². The lowest BCUT2D eigenvalue weighted by Crippen LogP contribution is -2.10. The third-order valence-electron chi connectivity index (χ3n) is 3.81. The van der Waals surface area contributed by atoms with Crippen molar-refractivity contribution in [3.05, 3.63) is 88.9 Å². The van der Waals surface area contributed by atoms with Gasteiger partial charge < -0.3 is 14.2 Å². The largest absolute Gasteiger partial charge is 0.490 e. The molecule has 0 spiro atoms. The Morgan fingerprint density at radius 1 is 0.815 bits per heavy atom. The van der Waals surface area contributed by atoms with Crippen LogP contribution in [0.3, 0.4) is 0 Å². The molecule has 138 valence electrons. The highest BCUT2D eigenvalue weighted by Crippen LogP contribution is 2.23. The van der Waals surface area contributed by atoms with E-state index in [-0.39, 0.29) is 0 Å². The van der Waals surface area contributed by atoms with E-state index >= 15 is 0 Å². The molecule has 0 amide bonds. The maximum absolute atomic E-state index is 12.2. The number of para-hydroxylation sites is 1. The van der Waals surface area contributed by atoms with Gasteiger partial charge in [0.1, 0.15) is 30.5 Å². The van der Waals surface area contributed by atoms with Gasteiger partial charge in [0.25, 0.3) is 0 Å². The van der Waals surface area contributed by atoms with Crippen molar-refractivity contribution in [2.24, 2.45) is 0 Å². The number of esters is 1. The molecule has 0 N–H and O–H groups in total. The number of carbonyl (C=O) groups excluding carboxylic acids is 1. The van der Waals surface area contributed by atoms with Crippen LogP contribution < -0.4 is 14.2 Å². The van der Waals surface area contributed by atoms with E-state index in [2.05, 4.69) is 0 Å². The fourth-order valence-electron chi connectivity index (χ4n) is 2.33. The molecule has 3 aromatic carbocycles. The molecular formula is C22H19ClO4. The molecule has 0 aliphatic rings. The molecular weight excluding hydrogens is 364 g/mol. The molecule has 4 nitrogen and oxygen atoms in total. The highest BCUT2D eigenvalue weighted by Gasteiger charge is 2.10. The average Bonchev–Trinajstić information content (AvgIpc) is 2.69. The summed E-state index contributed by atoms with van der Waals surface area (Å²) in [5.74, 6) is 1.42. The van der Waals surface area contributed by atoms with Crippen LogP contribution >= 0.6 is 11.6 Å². The fourth-order valence-corrected chi connectivity index (χ4v) is 2.50. The molecule has 0 aliphatic carbocycles. The molecule has 3 rings (SSSR count). The molecule has 3 aromatic rings. The molecule has 0 saturated heterocycles. The van der Waals surface area contributed by atoms with Crippen molar-refractivity contribution in [2.45, 2.75) is 6.92 Å². The van der Waals surface area contributed by atoms with Gasteiger partial charge in [-0.05, 0) is 61.0 Å². The Kier molecular flexibility index (Phi) is 6.34. The van der Waals surface area contributed by atoms with Crippen molar-refractivity contribution in [3.63, 3.8) is 0 Å². The Labute approximate surface area is 163 Å². The molecule has 0 saturated carbocycles. The highest BCUT2D eigenvalue weighted by molar-refractivity contribution is 6.31. The number of aryl methyl sites for hydroxylation is 1. The van der Waals surface area contributed by atoms with Crippen molar-refractivity contribution < 1.29 is 19.0 Å². The van der Waals surface area contributed by atoms with Crippen molar-refractivity contribution in [2.75, 3.05) is 13.2 Å². The van der Waals surface area contributed by atoms with Gasteiger partial charge in [0.2, 0.25) is 0 Å². The van der Waals surface area contributed by atoms with Gasteiger partial charge in [-0.15, -0.1) is 0 Å². The Bertz CT molecular complexity index is 892. The molecule has 0 fully saturated rings. The monoisotopic (exact) mass is 382 g/mol. The second-order valence-corrected chi connectivity index (χ2v) is 6.24. The van der Waals surface area contributed by atoms with E-state index < -0.39 is 5.97 Å². The van der Waals surface area contributed by atoms with Gasteiger partial charge >= 0.3 is 5.97 Å². The molecule has 0 aromatic heterocycles. The summed E-state index contributed by atoms with van der Waals surface area (Å²) in [6, 6.07) is 21.4. The Balaban J connectivity index is 1.49. The van der Waals surface area contributed by atoms with Crippen molar-refractivity contribution >= 4 is 17.6 Å². The first kappa shape index (κ1) is 18.8. The van der Waals surface area contributed by atoms with Crippen LogP contribution in [0.2, 0.25) is 5.02 Å². The molecule has 0 aliphatic heterocycles. The summed E-state index contributed by atoms with van der Waals surface area (Å²) in [4.78, 5) is 12.2. The van der Waals surface area contributed by atoms with Gasteiger partial charge in [-0.2, -0.15) is 0 Å². The zero-order valence-electron chi connectivity index (χ0n) is 14.9. The van der Waals surface area contributed by atoms with Crippen LogP contribution in [0.5, 0.6) is 17.2 Å². The molecule has 27 heavy (non-hydrogen) atoms. The summed E-state index contributed by atoms with van der Waals surface area (Å²) in [6.07, 6.45) is 0. The topological polar surface area (TPSA) is 44.8 Å². The van der Waals surface area contributed by atoms with Crippen LogP contribution in [0, 0.1) is 6.92 Å². The molecule has 0 unspecified atom stereocenters. The molecule has 0 heterocycles. The first-order chi connectivity index (χ1) is 13.1. The summed E-state index contributed by atoms with van der Waals surface area (Å²) in [5.41, 5.74) is 1.36. The maximum atomic E-state index is 12.2. The third-order valence-corrected chi connectivity index (χ3v) is 4.22. The maximum Gasteiger partial charge on any atom is 0.343 e. The Morgan fingerprint density at radius 3 is 2.04 bits per heavy atom. The van der Waals surface area contributed by atoms with E-state index in [4.69, 9.17) is 25.8 Å². The van der Waals surface area contributed by atoms with Gasteiger partial charge in [0.05, 0.1) is 5.56 Å². The number of halogens is 1. The van der Waals surface area contributed by atoms with E-state index in [0.717, 1.165) is 11.3 Å². The van der Waals surface area contributed by atoms with Gasteiger partial charge in [0.15, 0.2) is 0 Å². The van der Waals surface area contributed by atoms with Gasteiger partial charge in [-0.1, -0.05) is 35.9 Å². The summed E-state index contributed by atoms with van der Waals surface area (Å²) >= 11 is 6.05. The van der Waals surface area contributed by atoms with Crippen molar-refractivity contribution in [1.82, 2.24) is 0 Å². The lowest BCUT2D eigenvalue weighted by Gasteiger charge is -2.09. The third kappa shape index (κ3) is 5.50. The second-order valence-electron chi connectivity index (χ2n) is 5.83. The summed E-state index contributed by atoms with van der Waals surface area (Å²) in [7, 11) is 0. The number of benzene rings is 3. The van der Waals surface area contributed by atoms with Crippen LogP contribution in [0.1, 0.15) is 15.9 Å². The lowest BCUT2D eigenvalue weighted by molar-refractivity contribution is 0.0734. The van der Waals surface area contributed by atoms with E-state index in [1.165, 1.54) is 0 Å². The van der Waals surface area contributed by atoms with E-state index in [1.54, 1.807) is 42.5 Å². The Hall–Kier alpha value is -2.98. The first-order valence-electron chi connectivity index (χ1n) is 8.51.